The fourth-order valence-electron chi connectivity index (χ4n) is 0.708. The third-order valence-corrected chi connectivity index (χ3v) is 1.15. The lowest BCUT2D eigenvalue weighted by Gasteiger charge is -1.95. The van der Waals surface area contributed by atoms with Crippen molar-refractivity contribution in [3.8, 4) is 0 Å². The fourth-order valence-corrected chi connectivity index (χ4v) is 0.708. The third-order valence-electron chi connectivity index (χ3n) is 1.15. The van der Waals surface area contributed by atoms with Crippen molar-refractivity contribution in [2.24, 2.45) is 0 Å². The number of aromatic nitrogens is 2. The van der Waals surface area contributed by atoms with Crippen LogP contribution in [0.2, 0.25) is 0 Å². The Hall–Kier alpha value is -0.900. The van der Waals surface area contributed by atoms with Crippen molar-refractivity contribution >= 4 is 0 Å². The molecule has 4 nitrogen and oxygen atoms in total. The highest BCUT2D eigenvalue weighted by Gasteiger charge is 2.00. The van der Waals surface area contributed by atoms with E-state index in [1.807, 2.05) is 0 Å². The fraction of sp³-hybridized carbons (Fsp3) is 0.714. The van der Waals surface area contributed by atoms with Crippen LogP contribution in [0, 0.1) is 6.92 Å². The second-order valence-electron chi connectivity index (χ2n) is 2.28. The van der Waals surface area contributed by atoms with Crippen LogP contribution in [-0.4, -0.2) is 16.7 Å². The Morgan fingerprint density at radius 1 is 1.55 bits per heavy atom. The van der Waals surface area contributed by atoms with E-state index in [0.717, 1.165) is 13.0 Å². The molecule has 0 amide bonds. The van der Waals surface area contributed by atoms with E-state index in [1.54, 1.807) is 6.92 Å². The highest BCUT2D eigenvalue weighted by molar-refractivity contribution is 4.80. The first kappa shape index (κ1) is 8.20. The smallest absolute Gasteiger partial charge is 0.223 e. The molecule has 1 aromatic rings. The van der Waals surface area contributed by atoms with Gasteiger partial charge in [-0.15, -0.1) is 0 Å². The largest absolute Gasteiger partial charge is 0.373 e. The molecule has 0 unspecified atom stereocenters. The molecular weight excluding hydrogens is 144 g/mol. The lowest BCUT2D eigenvalue weighted by atomic mass is 10.5. The Morgan fingerprint density at radius 3 is 2.91 bits per heavy atom. The number of rotatable bonds is 4. The maximum Gasteiger partial charge on any atom is 0.223 e. The van der Waals surface area contributed by atoms with Crippen molar-refractivity contribution in [3.63, 3.8) is 0 Å². The molecule has 0 atom stereocenters. The zero-order valence-electron chi connectivity index (χ0n) is 6.83. The summed E-state index contributed by atoms with van der Waals surface area (Å²) in [5.41, 5.74) is 0. The highest BCUT2D eigenvalue weighted by atomic mass is 16.5. The summed E-state index contributed by atoms with van der Waals surface area (Å²) in [6.07, 6.45) is 1.01. The molecule has 0 saturated heterocycles. The van der Waals surface area contributed by atoms with Crippen molar-refractivity contribution < 1.29 is 9.26 Å². The van der Waals surface area contributed by atoms with Gasteiger partial charge in [-0.05, 0) is 6.42 Å². The highest BCUT2D eigenvalue weighted by Crippen LogP contribution is 1.96. The van der Waals surface area contributed by atoms with Crippen molar-refractivity contribution in [1.29, 1.82) is 0 Å². The average Bonchev–Trinajstić information content (AvgIpc) is 2.37. The second-order valence-corrected chi connectivity index (χ2v) is 2.28. The van der Waals surface area contributed by atoms with Gasteiger partial charge in [0.1, 0.15) is 6.61 Å². The molecule has 0 bridgehead atoms. The first-order valence-corrected chi connectivity index (χ1v) is 3.70. The summed E-state index contributed by atoms with van der Waals surface area (Å²) >= 11 is 0. The monoisotopic (exact) mass is 156 g/mol. The van der Waals surface area contributed by atoms with Crippen LogP contribution in [0.5, 0.6) is 0 Å². The second kappa shape index (κ2) is 4.08. The van der Waals surface area contributed by atoms with E-state index >= 15 is 0 Å². The summed E-state index contributed by atoms with van der Waals surface area (Å²) in [4.78, 5) is 3.98. The number of nitrogens with zero attached hydrogens (tertiary/aromatic N) is 2. The van der Waals surface area contributed by atoms with Crippen LogP contribution in [0.15, 0.2) is 4.52 Å². The van der Waals surface area contributed by atoms with Gasteiger partial charge in [0.15, 0.2) is 5.82 Å². The van der Waals surface area contributed by atoms with Crippen LogP contribution in [0.4, 0.5) is 0 Å². The van der Waals surface area contributed by atoms with Crippen molar-refractivity contribution in [3.05, 3.63) is 11.7 Å². The normalized spacial score (nSPS) is 10.4. The molecule has 11 heavy (non-hydrogen) atoms. The first-order chi connectivity index (χ1) is 5.33. The average molecular weight is 156 g/mol. The summed E-state index contributed by atoms with van der Waals surface area (Å²) < 4.78 is 9.95. The minimum absolute atomic E-state index is 0.450. The molecule has 1 rings (SSSR count). The summed E-state index contributed by atoms with van der Waals surface area (Å²) in [5.74, 6) is 1.20. The third kappa shape index (κ3) is 2.67. The van der Waals surface area contributed by atoms with Gasteiger partial charge in [0.25, 0.3) is 0 Å². The van der Waals surface area contributed by atoms with Gasteiger partial charge in [-0.2, -0.15) is 4.98 Å². The molecule has 0 saturated carbocycles. The molecule has 4 heteroatoms. The topological polar surface area (TPSA) is 48.2 Å². The van der Waals surface area contributed by atoms with E-state index < -0.39 is 0 Å². The Balaban J connectivity index is 2.27. The van der Waals surface area contributed by atoms with Gasteiger partial charge in [0.2, 0.25) is 5.89 Å². The zero-order valence-corrected chi connectivity index (χ0v) is 6.83. The number of hydrogen-bond acceptors (Lipinski definition) is 4. The molecule has 0 aliphatic rings. The molecule has 1 aromatic heterocycles. The van der Waals surface area contributed by atoms with Crippen LogP contribution in [0.3, 0.4) is 0 Å². The van der Waals surface area contributed by atoms with E-state index in [0.29, 0.717) is 18.3 Å². The maximum absolute atomic E-state index is 5.20. The Labute approximate surface area is 65.6 Å². The van der Waals surface area contributed by atoms with Gasteiger partial charge in [-0.3, -0.25) is 0 Å². The number of aryl methyl sites for hydroxylation is 1. The molecule has 0 spiro atoms. The van der Waals surface area contributed by atoms with Crippen molar-refractivity contribution in [2.75, 3.05) is 6.61 Å². The molecule has 0 aliphatic heterocycles. The lowest BCUT2D eigenvalue weighted by Crippen LogP contribution is -1.95. The summed E-state index contributed by atoms with van der Waals surface area (Å²) in [5, 5.41) is 3.68. The number of hydrogen-bond donors (Lipinski definition) is 0. The van der Waals surface area contributed by atoms with Gasteiger partial charge in [-0.1, -0.05) is 12.1 Å². The SMILES string of the molecule is CCCOCc1noc(C)n1. The van der Waals surface area contributed by atoms with Gasteiger partial charge in [0, 0.05) is 13.5 Å². The molecule has 0 aliphatic carbocycles. The quantitative estimate of drug-likeness (QED) is 0.616. The zero-order chi connectivity index (χ0) is 8.10. The maximum atomic E-state index is 5.20. The minimum atomic E-state index is 0.450. The summed E-state index contributed by atoms with van der Waals surface area (Å²) in [6.45, 7) is 5.01. The first-order valence-electron chi connectivity index (χ1n) is 3.70. The van der Waals surface area contributed by atoms with Crippen LogP contribution in [0.1, 0.15) is 25.1 Å². The Morgan fingerprint density at radius 2 is 2.36 bits per heavy atom. The van der Waals surface area contributed by atoms with E-state index in [2.05, 4.69) is 17.1 Å². The van der Waals surface area contributed by atoms with E-state index in [4.69, 9.17) is 9.26 Å². The number of ether oxygens (including phenoxy) is 1. The predicted molar refractivity (Wildman–Crippen MR) is 39.0 cm³/mol. The molecule has 0 fully saturated rings. The molecule has 62 valence electrons. The van der Waals surface area contributed by atoms with Gasteiger partial charge in [-0.25, -0.2) is 0 Å². The lowest BCUT2D eigenvalue weighted by molar-refractivity contribution is 0.114. The van der Waals surface area contributed by atoms with Crippen LogP contribution >= 0.6 is 0 Å². The van der Waals surface area contributed by atoms with Gasteiger partial charge in [0.05, 0.1) is 0 Å². The van der Waals surface area contributed by atoms with Crippen LogP contribution < -0.4 is 0 Å². The van der Waals surface area contributed by atoms with E-state index in [9.17, 15) is 0 Å². The summed E-state index contributed by atoms with van der Waals surface area (Å²) in [6, 6.07) is 0. The van der Waals surface area contributed by atoms with E-state index in [-0.39, 0.29) is 0 Å². The standard InChI is InChI=1S/C7H12N2O2/c1-3-4-10-5-7-8-6(2)11-9-7/h3-5H2,1-2H3. The molecule has 0 radical (unpaired) electrons. The Kier molecular flexibility index (Phi) is 3.04. The molecule has 1 heterocycles. The molecule has 0 N–H and O–H groups in total. The van der Waals surface area contributed by atoms with Gasteiger partial charge >= 0.3 is 0 Å². The molecular formula is C7H12N2O2. The van der Waals surface area contributed by atoms with Crippen LogP contribution in [0.25, 0.3) is 0 Å². The minimum Gasteiger partial charge on any atom is -0.373 e. The van der Waals surface area contributed by atoms with Crippen molar-refractivity contribution in [2.45, 2.75) is 26.9 Å². The van der Waals surface area contributed by atoms with E-state index in [1.165, 1.54) is 0 Å². The Bertz CT molecular complexity index is 210. The molecule has 0 aromatic carbocycles. The van der Waals surface area contributed by atoms with Crippen molar-refractivity contribution in [1.82, 2.24) is 10.1 Å². The summed E-state index contributed by atoms with van der Waals surface area (Å²) in [7, 11) is 0. The van der Waals surface area contributed by atoms with Crippen LogP contribution in [-0.2, 0) is 11.3 Å². The predicted octanol–water partition coefficient (Wildman–Crippen LogP) is 1.30. The van der Waals surface area contributed by atoms with Gasteiger partial charge < -0.3 is 9.26 Å².